The highest BCUT2D eigenvalue weighted by molar-refractivity contribution is 7.90. The molecule has 12 heteroatoms. The average molecular weight is 528 g/mol. The Morgan fingerprint density at radius 1 is 0.944 bits per heavy atom. The Labute approximate surface area is 213 Å². The number of ether oxygens (including phenoxy) is 3. The third-order valence-corrected chi connectivity index (χ3v) is 6.18. The standard InChI is InChI=1S/C24H37N3O8S/c1-23(2,3)34-21(29)26-13-14-27(22(30)35-24(4,5)6)19(16-26)12-15-36(31,32)25-20(28)33-17-18-10-8-7-9-11-18/h7-11,19H,12-17H2,1-6H3,(H,25,28). The maximum absolute atomic E-state index is 12.8. The minimum Gasteiger partial charge on any atom is -0.444 e. The van der Waals surface area contributed by atoms with Gasteiger partial charge in [-0.25, -0.2) is 27.5 Å². The van der Waals surface area contributed by atoms with Gasteiger partial charge in [-0.05, 0) is 53.5 Å². The van der Waals surface area contributed by atoms with Crippen LogP contribution in [0.5, 0.6) is 0 Å². The Bertz CT molecular complexity index is 1020. The number of amides is 3. The van der Waals surface area contributed by atoms with Crippen LogP contribution in [0.1, 0.15) is 53.5 Å². The lowest BCUT2D eigenvalue weighted by Gasteiger charge is -2.41. The maximum Gasteiger partial charge on any atom is 0.421 e. The molecule has 1 fully saturated rings. The van der Waals surface area contributed by atoms with E-state index in [0.717, 1.165) is 0 Å². The van der Waals surface area contributed by atoms with Gasteiger partial charge in [0.05, 0.1) is 11.8 Å². The Balaban J connectivity index is 2.03. The first-order valence-corrected chi connectivity index (χ1v) is 13.4. The second-order valence-electron chi connectivity index (χ2n) is 10.5. The molecule has 1 N–H and O–H groups in total. The topological polar surface area (TPSA) is 132 Å². The van der Waals surface area contributed by atoms with Crippen molar-refractivity contribution in [2.45, 2.75) is 71.8 Å². The highest BCUT2D eigenvalue weighted by Crippen LogP contribution is 2.20. The first-order chi connectivity index (χ1) is 16.5. The van der Waals surface area contributed by atoms with Gasteiger partial charge in [-0.15, -0.1) is 0 Å². The molecule has 11 nitrogen and oxygen atoms in total. The molecule has 1 aliphatic rings. The van der Waals surface area contributed by atoms with Crippen LogP contribution in [-0.2, 0) is 30.8 Å². The largest absolute Gasteiger partial charge is 0.444 e. The van der Waals surface area contributed by atoms with Gasteiger partial charge < -0.3 is 24.0 Å². The first-order valence-electron chi connectivity index (χ1n) is 11.7. The number of carbonyl (C=O) groups is 3. The van der Waals surface area contributed by atoms with Crippen molar-refractivity contribution < 1.29 is 37.0 Å². The number of nitrogens with one attached hydrogen (secondary N) is 1. The number of nitrogens with zero attached hydrogens (tertiary/aromatic N) is 2. The van der Waals surface area contributed by atoms with Crippen LogP contribution in [0.2, 0.25) is 0 Å². The molecule has 1 saturated heterocycles. The zero-order chi connectivity index (χ0) is 27.1. The molecule has 1 atom stereocenters. The molecular formula is C24H37N3O8S. The summed E-state index contributed by atoms with van der Waals surface area (Å²) in [5, 5.41) is 0. The van der Waals surface area contributed by atoms with Crippen LogP contribution in [0.4, 0.5) is 14.4 Å². The summed E-state index contributed by atoms with van der Waals surface area (Å²) < 4.78 is 42.9. The summed E-state index contributed by atoms with van der Waals surface area (Å²) in [6.45, 7) is 10.7. The van der Waals surface area contributed by atoms with Crippen LogP contribution in [-0.4, -0.2) is 79.1 Å². The van der Waals surface area contributed by atoms with Crippen molar-refractivity contribution in [1.82, 2.24) is 14.5 Å². The van der Waals surface area contributed by atoms with E-state index in [1.807, 2.05) is 10.8 Å². The van der Waals surface area contributed by atoms with Crippen LogP contribution >= 0.6 is 0 Å². The Morgan fingerprint density at radius 3 is 2.11 bits per heavy atom. The second-order valence-corrected chi connectivity index (χ2v) is 12.4. The van der Waals surface area contributed by atoms with Gasteiger partial charge in [0.2, 0.25) is 10.0 Å². The van der Waals surface area contributed by atoms with Crippen molar-refractivity contribution in [3.05, 3.63) is 35.9 Å². The monoisotopic (exact) mass is 527 g/mol. The van der Waals surface area contributed by atoms with Gasteiger partial charge in [0.15, 0.2) is 0 Å². The molecular weight excluding hydrogens is 490 g/mol. The van der Waals surface area contributed by atoms with Crippen molar-refractivity contribution in [3.8, 4) is 0 Å². The minimum absolute atomic E-state index is 0.0418. The SMILES string of the molecule is CC(C)(C)OC(=O)N1CCN(C(=O)OC(C)(C)C)C(CCS(=O)(=O)NC(=O)OCc2ccccc2)C1. The highest BCUT2D eigenvalue weighted by atomic mass is 32.2. The normalized spacial score (nSPS) is 16.8. The lowest BCUT2D eigenvalue weighted by atomic mass is 10.1. The molecule has 1 heterocycles. The number of piperazine rings is 1. The molecule has 1 unspecified atom stereocenters. The van der Waals surface area contributed by atoms with E-state index in [1.165, 1.54) is 9.80 Å². The van der Waals surface area contributed by atoms with Gasteiger partial charge in [0, 0.05) is 19.6 Å². The van der Waals surface area contributed by atoms with Crippen LogP contribution in [0, 0.1) is 0 Å². The molecule has 0 aromatic heterocycles. The smallest absolute Gasteiger partial charge is 0.421 e. The second kappa shape index (κ2) is 11.8. The van der Waals surface area contributed by atoms with E-state index in [9.17, 15) is 22.8 Å². The summed E-state index contributed by atoms with van der Waals surface area (Å²) in [7, 11) is -4.07. The summed E-state index contributed by atoms with van der Waals surface area (Å²) in [4.78, 5) is 40.2. The van der Waals surface area contributed by atoms with Crippen molar-refractivity contribution >= 4 is 28.3 Å². The van der Waals surface area contributed by atoms with Crippen molar-refractivity contribution in [2.75, 3.05) is 25.4 Å². The zero-order valence-corrected chi connectivity index (χ0v) is 22.6. The number of hydrogen-bond acceptors (Lipinski definition) is 8. The van der Waals surface area contributed by atoms with Gasteiger partial charge in [0.25, 0.3) is 0 Å². The van der Waals surface area contributed by atoms with E-state index in [4.69, 9.17) is 14.2 Å². The molecule has 1 aliphatic heterocycles. The van der Waals surface area contributed by atoms with Crippen LogP contribution in [0.15, 0.2) is 30.3 Å². The van der Waals surface area contributed by atoms with E-state index in [-0.39, 0.29) is 32.7 Å². The summed E-state index contributed by atoms with van der Waals surface area (Å²) in [6.07, 6.45) is -2.30. The van der Waals surface area contributed by atoms with Crippen molar-refractivity contribution in [1.29, 1.82) is 0 Å². The van der Waals surface area contributed by atoms with E-state index in [1.54, 1.807) is 65.8 Å². The number of rotatable bonds is 6. The van der Waals surface area contributed by atoms with E-state index in [0.29, 0.717) is 5.56 Å². The van der Waals surface area contributed by atoms with Crippen LogP contribution < -0.4 is 4.72 Å². The predicted octanol–water partition coefficient (Wildman–Crippen LogP) is 3.49. The zero-order valence-electron chi connectivity index (χ0n) is 21.8. The van der Waals surface area contributed by atoms with Gasteiger partial charge in [-0.2, -0.15) is 0 Å². The molecule has 3 amide bonds. The van der Waals surface area contributed by atoms with Gasteiger partial charge >= 0.3 is 18.3 Å². The molecule has 0 radical (unpaired) electrons. The summed E-state index contributed by atoms with van der Waals surface area (Å²) >= 11 is 0. The molecule has 1 aromatic rings. The fourth-order valence-electron chi connectivity index (χ4n) is 3.38. The highest BCUT2D eigenvalue weighted by Gasteiger charge is 2.37. The average Bonchev–Trinajstić information content (AvgIpc) is 2.74. The van der Waals surface area contributed by atoms with Crippen molar-refractivity contribution in [2.24, 2.45) is 0 Å². The molecule has 36 heavy (non-hydrogen) atoms. The Hall–Kier alpha value is -3.02. The summed E-state index contributed by atoms with van der Waals surface area (Å²) in [6, 6.07) is 8.17. The third-order valence-electron chi connectivity index (χ3n) is 4.93. The molecule has 1 aromatic carbocycles. The van der Waals surface area contributed by atoms with E-state index in [2.05, 4.69) is 0 Å². The molecule has 0 saturated carbocycles. The van der Waals surface area contributed by atoms with E-state index >= 15 is 0 Å². The predicted molar refractivity (Wildman–Crippen MR) is 133 cm³/mol. The number of sulfonamides is 1. The molecule has 0 bridgehead atoms. The Morgan fingerprint density at radius 2 is 1.53 bits per heavy atom. The quantitative estimate of drug-likeness (QED) is 0.556. The van der Waals surface area contributed by atoms with Gasteiger partial charge in [-0.1, -0.05) is 30.3 Å². The maximum atomic E-state index is 12.8. The van der Waals surface area contributed by atoms with Crippen LogP contribution in [0.3, 0.4) is 0 Å². The van der Waals surface area contributed by atoms with Gasteiger partial charge in [-0.3, -0.25) is 0 Å². The molecule has 0 aliphatic carbocycles. The number of carbonyl (C=O) groups excluding carboxylic acids is 3. The lowest BCUT2D eigenvalue weighted by Crippen LogP contribution is -2.58. The third kappa shape index (κ3) is 10.3. The van der Waals surface area contributed by atoms with Crippen LogP contribution in [0.25, 0.3) is 0 Å². The summed E-state index contributed by atoms with van der Waals surface area (Å²) in [5.41, 5.74) is -0.745. The minimum atomic E-state index is -4.07. The fraction of sp³-hybridized carbons (Fsp3) is 0.625. The number of hydrogen-bond donors (Lipinski definition) is 1. The fourth-order valence-corrected chi connectivity index (χ4v) is 4.37. The number of benzene rings is 1. The summed E-state index contributed by atoms with van der Waals surface area (Å²) in [5.74, 6) is -0.473. The molecule has 2 rings (SSSR count). The van der Waals surface area contributed by atoms with Crippen molar-refractivity contribution in [3.63, 3.8) is 0 Å². The Kier molecular flexibility index (Phi) is 9.58. The lowest BCUT2D eigenvalue weighted by molar-refractivity contribution is -0.0150. The molecule has 202 valence electrons. The first kappa shape index (κ1) is 29.2. The molecule has 0 spiro atoms. The van der Waals surface area contributed by atoms with E-state index < -0.39 is 51.3 Å². The van der Waals surface area contributed by atoms with Gasteiger partial charge in [0.1, 0.15) is 17.8 Å².